The van der Waals surface area contributed by atoms with E-state index in [1.165, 1.54) is 16.3 Å². The van der Waals surface area contributed by atoms with Gasteiger partial charge in [-0.15, -0.1) is 0 Å². The van der Waals surface area contributed by atoms with Gasteiger partial charge in [-0.25, -0.2) is 0 Å². The Morgan fingerprint density at radius 1 is 1.20 bits per heavy atom. The summed E-state index contributed by atoms with van der Waals surface area (Å²) in [6.45, 7) is 0. The van der Waals surface area contributed by atoms with Crippen molar-refractivity contribution < 1.29 is 9.90 Å². The lowest BCUT2D eigenvalue weighted by atomic mass is 9.77. The van der Waals surface area contributed by atoms with Crippen LogP contribution < -0.4 is 10.4 Å². The van der Waals surface area contributed by atoms with Crippen molar-refractivity contribution in [2.75, 3.05) is 5.32 Å². The van der Waals surface area contributed by atoms with Crippen LogP contribution in [0.2, 0.25) is 0 Å². The van der Waals surface area contributed by atoms with E-state index < -0.39 is 12.0 Å². The summed E-state index contributed by atoms with van der Waals surface area (Å²) in [5, 5.41) is 16.9. The fourth-order valence-corrected chi connectivity index (χ4v) is 3.61. The minimum atomic E-state index is -1.01. The molecule has 0 bridgehead atoms. The SMILES string of the molecule is O=C([O-])C1Nc2ccc3ccccc3c2C2C=CCC12. The molecule has 3 nitrogen and oxygen atoms in total. The van der Waals surface area contributed by atoms with Crippen LogP contribution in [-0.4, -0.2) is 12.0 Å². The van der Waals surface area contributed by atoms with Gasteiger partial charge in [0, 0.05) is 11.6 Å². The van der Waals surface area contributed by atoms with E-state index in [2.05, 4.69) is 29.6 Å². The lowest BCUT2D eigenvalue weighted by Gasteiger charge is -2.38. The first-order valence-electron chi connectivity index (χ1n) is 6.91. The average Bonchev–Trinajstić information content (AvgIpc) is 2.94. The van der Waals surface area contributed by atoms with Crippen LogP contribution in [0.15, 0.2) is 48.6 Å². The third kappa shape index (κ3) is 1.49. The van der Waals surface area contributed by atoms with Gasteiger partial charge in [0.25, 0.3) is 0 Å². The van der Waals surface area contributed by atoms with Gasteiger partial charge in [-0.05, 0) is 34.7 Å². The Bertz CT molecular complexity index is 735. The van der Waals surface area contributed by atoms with E-state index in [0.29, 0.717) is 0 Å². The monoisotopic (exact) mass is 264 g/mol. The number of hydrogen-bond donors (Lipinski definition) is 1. The molecule has 20 heavy (non-hydrogen) atoms. The second-order valence-corrected chi connectivity index (χ2v) is 5.54. The number of fused-ring (bicyclic) bond motifs is 5. The standard InChI is InChI=1S/C17H15NO2/c19-17(20)16-13-7-3-6-12(13)15-11-5-2-1-4-10(11)8-9-14(15)18-16/h1-6,8-9,12-13,16,18H,7H2,(H,19,20)/p-1. The molecule has 0 amide bonds. The van der Waals surface area contributed by atoms with Gasteiger partial charge in [-0.2, -0.15) is 0 Å². The summed E-state index contributed by atoms with van der Waals surface area (Å²) >= 11 is 0. The fourth-order valence-electron chi connectivity index (χ4n) is 3.61. The number of carboxylic acids is 1. The summed E-state index contributed by atoms with van der Waals surface area (Å²) in [6.07, 6.45) is 5.02. The first kappa shape index (κ1) is 11.5. The highest BCUT2D eigenvalue weighted by molar-refractivity contribution is 5.93. The largest absolute Gasteiger partial charge is 0.548 e. The van der Waals surface area contributed by atoms with E-state index in [9.17, 15) is 9.90 Å². The number of rotatable bonds is 1. The minimum Gasteiger partial charge on any atom is -0.548 e. The molecule has 0 fully saturated rings. The van der Waals surface area contributed by atoms with Crippen LogP contribution in [-0.2, 0) is 4.79 Å². The summed E-state index contributed by atoms with van der Waals surface area (Å²) in [5.41, 5.74) is 2.14. The van der Waals surface area contributed by atoms with Gasteiger partial charge >= 0.3 is 0 Å². The maximum absolute atomic E-state index is 11.4. The van der Waals surface area contributed by atoms with Gasteiger partial charge in [0.15, 0.2) is 0 Å². The van der Waals surface area contributed by atoms with Gasteiger partial charge in [0.1, 0.15) is 0 Å². The van der Waals surface area contributed by atoms with E-state index in [0.717, 1.165) is 12.1 Å². The highest BCUT2D eigenvalue weighted by Crippen LogP contribution is 2.47. The molecule has 3 unspecified atom stereocenters. The van der Waals surface area contributed by atoms with Crippen LogP contribution in [0.5, 0.6) is 0 Å². The Kier molecular flexibility index (Phi) is 2.36. The Hall–Kier alpha value is -2.29. The molecule has 100 valence electrons. The average molecular weight is 264 g/mol. The van der Waals surface area contributed by atoms with Crippen LogP contribution in [0, 0.1) is 5.92 Å². The molecule has 1 aliphatic carbocycles. The summed E-state index contributed by atoms with van der Waals surface area (Å²) in [4.78, 5) is 11.4. The maximum Gasteiger partial charge on any atom is 0.0698 e. The van der Waals surface area contributed by atoms with Crippen LogP contribution >= 0.6 is 0 Å². The van der Waals surface area contributed by atoms with Gasteiger partial charge in [0.05, 0.1) is 12.0 Å². The van der Waals surface area contributed by atoms with Crippen molar-refractivity contribution in [2.24, 2.45) is 5.92 Å². The molecule has 0 saturated carbocycles. The first-order chi connectivity index (χ1) is 9.75. The zero-order chi connectivity index (χ0) is 13.7. The molecule has 4 rings (SSSR count). The zero-order valence-corrected chi connectivity index (χ0v) is 10.9. The first-order valence-corrected chi connectivity index (χ1v) is 6.91. The zero-order valence-electron chi connectivity index (χ0n) is 10.9. The highest BCUT2D eigenvalue weighted by atomic mass is 16.4. The number of anilines is 1. The Balaban J connectivity index is 1.97. The van der Waals surface area contributed by atoms with E-state index in [1.807, 2.05) is 24.3 Å². The molecular formula is C17H14NO2-. The van der Waals surface area contributed by atoms with Crippen LogP contribution in [0.4, 0.5) is 5.69 Å². The van der Waals surface area contributed by atoms with E-state index in [-0.39, 0.29) is 11.8 Å². The smallest absolute Gasteiger partial charge is 0.0698 e. The third-order valence-corrected chi connectivity index (χ3v) is 4.51. The molecule has 3 atom stereocenters. The molecule has 3 heteroatoms. The molecule has 2 aromatic rings. The number of hydrogen-bond acceptors (Lipinski definition) is 3. The van der Waals surface area contributed by atoms with Crippen LogP contribution in [0.3, 0.4) is 0 Å². The number of aliphatic carboxylic acids is 1. The summed E-state index contributed by atoms with van der Waals surface area (Å²) in [5.74, 6) is -0.791. The molecule has 1 aliphatic heterocycles. The van der Waals surface area contributed by atoms with Crippen molar-refractivity contribution in [3.8, 4) is 0 Å². The third-order valence-electron chi connectivity index (χ3n) is 4.51. The molecule has 1 N–H and O–H groups in total. The topological polar surface area (TPSA) is 52.2 Å². The van der Waals surface area contributed by atoms with Crippen molar-refractivity contribution in [3.05, 3.63) is 54.1 Å². The molecule has 1 heterocycles. The summed E-state index contributed by atoms with van der Waals surface area (Å²) in [6, 6.07) is 11.7. The Morgan fingerprint density at radius 2 is 2.05 bits per heavy atom. The van der Waals surface area contributed by atoms with Gasteiger partial charge in [-0.1, -0.05) is 42.5 Å². The highest BCUT2D eigenvalue weighted by Gasteiger charge is 2.38. The number of carbonyl (C=O) groups is 1. The number of carboxylic acid groups (broad SMARTS) is 1. The molecule has 0 aromatic heterocycles. The van der Waals surface area contributed by atoms with Crippen molar-refractivity contribution >= 4 is 22.4 Å². The molecule has 0 saturated heterocycles. The van der Waals surface area contributed by atoms with Crippen molar-refractivity contribution in [2.45, 2.75) is 18.4 Å². The van der Waals surface area contributed by atoms with Crippen LogP contribution in [0.25, 0.3) is 10.8 Å². The minimum absolute atomic E-state index is 0.0540. The number of benzene rings is 2. The van der Waals surface area contributed by atoms with Crippen molar-refractivity contribution in [3.63, 3.8) is 0 Å². The molecule has 0 radical (unpaired) electrons. The molecule has 2 aromatic carbocycles. The van der Waals surface area contributed by atoms with E-state index in [4.69, 9.17) is 0 Å². The lowest BCUT2D eigenvalue weighted by Crippen LogP contribution is -2.48. The van der Waals surface area contributed by atoms with Gasteiger partial charge < -0.3 is 15.2 Å². The predicted molar refractivity (Wildman–Crippen MR) is 76.4 cm³/mol. The van der Waals surface area contributed by atoms with Gasteiger partial charge in [0.2, 0.25) is 0 Å². The van der Waals surface area contributed by atoms with Crippen LogP contribution in [0.1, 0.15) is 17.9 Å². The van der Waals surface area contributed by atoms with E-state index in [1.54, 1.807) is 0 Å². The number of nitrogens with one attached hydrogen (secondary N) is 1. The number of carbonyl (C=O) groups excluding carboxylic acids is 1. The van der Waals surface area contributed by atoms with Gasteiger partial charge in [-0.3, -0.25) is 0 Å². The van der Waals surface area contributed by atoms with E-state index >= 15 is 0 Å². The lowest BCUT2D eigenvalue weighted by molar-refractivity contribution is -0.308. The maximum atomic E-state index is 11.4. The molecular weight excluding hydrogens is 250 g/mol. The Morgan fingerprint density at radius 3 is 2.90 bits per heavy atom. The second-order valence-electron chi connectivity index (χ2n) is 5.54. The predicted octanol–water partition coefficient (Wildman–Crippen LogP) is 2.04. The normalized spacial score (nSPS) is 26.9. The second kappa shape index (κ2) is 4.10. The number of allylic oxidation sites excluding steroid dienone is 2. The Labute approximate surface area is 116 Å². The molecule has 2 aliphatic rings. The van der Waals surface area contributed by atoms with Crippen molar-refractivity contribution in [1.82, 2.24) is 0 Å². The molecule has 0 spiro atoms. The van der Waals surface area contributed by atoms with Crippen molar-refractivity contribution in [1.29, 1.82) is 0 Å². The summed E-state index contributed by atoms with van der Waals surface area (Å²) < 4.78 is 0. The summed E-state index contributed by atoms with van der Waals surface area (Å²) in [7, 11) is 0. The quantitative estimate of drug-likeness (QED) is 0.802. The fraction of sp³-hybridized carbons (Fsp3) is 0.235.